The smallest absolute Gasteiger partial charge is 0.311 e. The van der Waals surface area contributed by atoms with Crippen molar-refractivity contribution in [1.82, 2.24) is 0 Å². The average molecular weight is 370 g/mol. The third kappa shape index (κ3) is 5.13. The van der Waals surface area contributed by atoms with Gasteiger partial charge in [0.1, 0.15) is 17.7 Å². The topological polar surface area (TPSA) is 101 Å². The number of hydrogen-bond acceptors (Lipinski definition) is 6. The second-order valence-electron chi connectivity index (χ2n) is 7.90. The predicted octanol–water partition coefficient (Wildman–Crippen LogP) is 2.14. The maximum atomic E-state index is 12.5. The molecule has 8 unspecified atom stereocenters. The Bertz CT molecular complexity index is 516. The minimum Gasteiger partial charge on any atom is -0.462 e. The van der Waals surface area contributed by atoms with Crippen LogP contribution in [0.2, 0.25) is 0 Å². The lowest BCUT2D eigenvalue weighted by atomic mass is 9.81. The molecule has 0 radical (unpaired) electrons. The summed E-state index contributed by atoms with van der Waals surface area (Å²) in [6.07, 6.45) is -1.58. The molecule has 0 aliphatic carbocycles. The van der Waals surface area contributed by atoms with E-state index in [1.807, 2.05) is 6.92 Å². The first-order valence-corrected chi connectivity index (χ1v) is 9.65. The van der Waals surface area contributed by atoms with Crippen molar-refractivity contribution in [3.63, 3.8) is 0 Å². The molecule has 150 valence electrons. The monoisotopic (exact) mass is 370 g/mol. The summed E-state index contributed by atoms with van der Waals surface area (Å²) in [5, 5.41) is 21.0. The second-order valence-corrected chi connectivity index (χ2v) is 7.90. The average Bonchev–Trinajstić information content (AvgIpc) is 2.64. The van der Waals surface area contributed by atoms with Gasteiger partial charge in [0.25, 0.3) is 0 Å². The van der Waals surface area contributed by atoms with Crippen LogP contribution in [0.15, 0.2) is 0 Å². The molecule has 1 aliphatic heterocycles. The van der Waals surface area contributed by atoms with Crippen molar-refractivity contribution in [3.05, 3.63) is 0 Å². The summed E-state index contributed by atoms with van der Waals surface area (Å²) in [6.45, 7) is 10.2. The maximum Gasteiger partial charge on any atom is 0.311 e. The SMILES string of the molecule is CCC1OC(=O)C(C)C(O)C(C)C(=O)C(C)CCC(=O)C(C)C(O)C1C. The lowest BCUT2D eigenvalue weighted by Crippen LogP contribution is -2.43. The number of ketones is 2. The first kappa shape index (κ1) is 22.8. The fourth-order valence-electron chi connectivity index (χ4n) is 3.60. The molecule has 0 bridgehead atoms. The van der Waals surface area contributed by atoms with Gasteiger partial charge in [-0.25, -0.2) is 0 Å². The van der Waals surface area contributed by atoms with Crippen molar-refractivity contribution in [1.29, 1.82) is 0 Å². The van der Waals surface area contributed by atoms with Gasteiger partial charge in [-0.15, -0.1) is 0 Å². The van der Waals surface area contributed by atoms with E-state index in [1.54, 1.807) is 34.6 Å². The second kappa shape index (κ2) is 9.60. The normalized spacial score (nSPS) is 41.5. The van der Waals surface area contributed by atoms with Crippen molar-refractivity contribution in [2.75, 3.05) is 0 Å². The number of aliphatic hydroxyl groups is 2. The summed E-state index contributed by atoms with van der Waals surface area (Å²) in [5.74, 6) is -3.84. The molecule has 1 aliphatic rings. The number of cyclic esters (lactones) is 1. The largest absolute Gasteiger partial charge is 0.462 e. The zero-order valence-corrected chi connectivity index (χ0v) is 16.8. The van der Waals surface area contributed by atoms with Crippen LogP contribution in [0.1, 0.15) is 60.8 Å². The Labute approximate surface area is 156 Å². The van der Waals surface area contributed by atoms with E-state index in [0.717, 1.165) is 0 Å². The Hall–Kier alpha value is -1.27. The van der Waals surface area contributed by atoms with Gasteiger partial charge in [-0.05, 0) is 19.8 Å². The van der Waals surface area contributed by atoms with Crippen LogP contribution in [0.25, 0.3) is 0 Å². The number of hydrogen-bond donors (Lipinski definition) is 2. The summed E-state index contributed by atoms with van der Waals surface area (Å²) >= 11 is 0. The summed E-state index contributed by atoms with van der Waals surface area (Å²) in [7, 11) is 0. The van der Waals surface area contributed by atoms with Crippen LogP contribution in [-0.2, 0) is 19.1 Å². The number of ether oxygens (including phenoxy) is 1. The van der Waals surface area contributed by atoms with Crippen LogP contribution >= 0.6 is 0 Å². The minimum absolute atomic E-state index is 0.108. The van der Waals surface area contributed by atoms with Gasteiger partial charge in [0.05, 0.1) is 18.1 Å². The zero-order valence-electron chi connectivity index (χ0n) is 16.8. The fourth-order valence-corrected chi connectivity index (χ4v) is 3.60. The van der Waals surface area contributed by atoms with Crippen LogP contribution in [0.3, 0.4) is 0 Å². The molecule has 0 aromatic carbocycles. The van der Waals surface area contributed by atoms with Gasteiger partial charge < -0.3 is 14.9 Å². The number of aliphatic hydroxyl groups excluding tert-OH is 2. The van der Waals surface area contributed by atoms with Crippen LogP contribution in [0.4, 0.5) is 0 Å². The molecule has 0 aromatic rings. The molecule has 6 nitrogen and oxygen atoms in total. The van der Waals surface area contributed by atoms with Gasteiger partial charge in [-0.3, -0.25) is 14.4 Å². The van der Waals surface area contributed by atoms with Gasteiger partial charge >= 0.3 is 5.97 Å². The Morgan fingerprint density at radius 3 is 2.04 bits per heavy atom. The number of carbonyl (C=O) groups excluding carboxylic acids is 3. The van der Waals surface area contributed by atoms with Crippen molar-refractivity contribution in [3.8, 4) is 0 Å². The van der Waals surface area contributed by atoms with E-state index in [1.165, 1.54) is 0 Å². The molecule has 0 amide bonds. The molecule has 26 heavy (non-hydrogen) atoms. The van der Waals surface area contributed by atoms with E-state index < -0.39 is 53.9 Å². The van der Waals surface area contributed by atoms with E-state index >= 15 is 0 Å². The van der Waals surface area contributed by atoms with E-state index in [0.29, 0.717) is 12.8 Å². The summed E-state index contributed by atoms with van der Waals surface area (Å²) < 4.78 is 5.52. The Morgan fingerprint density at radius 2 is 1.50 bits per heavy atom. The van der Waals surface area contributed by atoms with E-state index in [2.05, 4.69) is 0 Å². The Balaban J connectivity index is 3.16. The maximum absolute atomic E-state index is 12.5. The van der Waals surface area contributed by atoms with Gasteiger partial charge in [-0.1, -0.05) is 34.6 Å². The highest BCUT2D eigenvalue weighted by Gasteiger charge is 2.38. The van der Waals surface area contributed by atoms with Crippen molar-refractivity contribution >= 4 is 17.5 Å². The van der Waals surface area contributed by atoms with Gasteiger partial charge in [0.15, 0.2) is 0 Å². The summed E-state index contributed by atoms with van der Waals surface area (Å²) in [4.78, 5) is 37.4. The van der Waals surface area contributed by atoms with Gasteiger partial charge in [-0.2, -0.15) is 0 Å². The van der Waals surface area contributed by atoms with E-state index in [-0.39, 0.29) is 18.0 Å². The number of rotatable bonds is 1. The molecule has 6 heteroatoms. The lowest BCUT2D eigenvalue weighted by Gasteiger charge is -2.32. The molecule has 0 spiro atoms. The highest BCUT2D eigenvalue weighted by molar-refractivity contribution is 5.86. The molecule has 0 saturated carbocycles. The lowest BCUT2D eigenvalue weighted by molar-refractivity contribution is -0.165. The molecule has 1 fully saturated rings. The molecule has 1 heterocycles. The minimum atomic E-state index is -1.15. The van der Waals surface area contributed by atoms with Crippen molar-refractivity contribution < 1.29 is 29.3 Å². The third-order valence-electron chi connectivity index (χ3n) is 5.97. The number of Topliss-reactive ketones (excluding diaryl/α,β-unsaturated/α-hetero) is 2. The zero-order chi connectivity index (χ0) is 20.2. The number of carbonyl (C=O) groups is 3. The Kier molecular flexibility index (Phi) is 8.41. The molecular formula is C20H34O6. The van der Waals surface area contributed by atoms with Crippen LogP contribution < -0.4 is 0 Å². The summed E-state index contributed by atoms with van der Waals surface area (Å²) in [6, 6.07) is 0. The van der Waals surface area contributed by atoms with Crippen molar-refractivity contribution in [2.45, 2.75) is 79.1 Å². The molecular weight excluding hydrogens is 336 g/mol. The first-order chi connectivity index (χ1) is 12.0. The van der Waals surface area contributed by atoms with Crippen LogP contribution in [-0.4, -0.2) is 46.1 Å². The predicted molar refractivity (Wildman–Crippen MR) is 97.3 cm³/mol. The van der Waals surface area contributed by atoms with E-state index in [9.17, 15) is 24.6 Å². The molecule has 1 rings (SSSR count). The van der Waals surface area contributed by atoms with Crippen LogP contribution in [0.5, 0.6) is 0 Å². The molecule has 1 saturated heterocycles. The van der Waals surface area contributed by atoms with Gasteiger partial charge in [0, 0.05) is 30.1 Å². The highest BCUT2D eigenvalue weighted by atomic mass is 16.5. The highest BCUT2D eigenvalue weighted by Crippen LogP contribution is 2.27. The standard InChI is InChI=1S/C20H34O6/c1-7-16-12(4)18(23)11(3)15(21)9-8-10(2)17(22)13(5)19(24)14(6)20(25)26-16/h10-14,16,18-19,23-24H,7-9H2,1-6H3. The van der Waals surface area contributed by atoms with E-state index in [4.69, 9.17) is 4.74 Å². The van der Waals surface area contributed by atoms with Crippen molar-refractivity contribution in [2.24, 2.45) is 29.6 Å². The third-order valence-corrected chi connectivity index (χ3v) is 5.97. The molecule has 0 aromatic heterocycles. The quantitative estimate of drug-likeness (QED) is 0.686. The van der Waals surface area contributed by atoms with Gasteiger partial charge in [0.2, 0.25) is 0 Å². The molecule has 8 atom stereocenters. The van der Waals surface area contributed by atoms with Crippen LogP contribution in [0, 0.1) is 29.6 Å². The summed E-state index contributed by atoms with van der Waals surface area (Å²) in [5.41, 5.74) is 0. The number of esters is 1. The Morgan fingerprint density at radius 1 is 0.923 bits per heavy atom. The molecule has 2 N–H and O–H groups in total. The first-order valence-electron chi connectivity index (χ1n) is 9.65. The fraction of sp³-hybridized carbons (Fsp3) is 0.850.